The van der Waals surface area contributed by atoms with Crippen molar-refractivity contribution in [3.63, 3.8) is 0 Å². The molecule has 0 radical (unpaired) electrons. The molecule has 0 aliphatic rings. The Morgan fingerprint density at radius 2 is 1.84 bits per heavy atom. The van der Waals surface area contributed by atoms with Crippen molar-refractivity contribution in [2.75, 3.05) is 5.32 Å². The van der Waals surface area contributed by atoms with Crippen LogP contribution in [0.4, 0.5) is 5.69 Å². The van der Waals surface area contributed by atoms with E-state index in [0.29, 0.717) is 32.9 Å². The molecule has 2 heterocycles. The second kappa shape index (κ2) is 9.55. The van der Waals surface area contributed by atoms with Gasteiger partial charge in [-0.15, -0.1) is 11.3 Å². The Labute approximate surface area is 187 Å². The van der Waals surface area contributed by atoms with Crippen molar-refractivity contribution >= 4 is 34.5 Å². The van der Waals surface area contributed by atoms with E-state index in [9.17, 15) is 4.79 Å². The lowest BCUT2D eigenvalue weighted by Gasteiger charge is -2.09. The molecule has 0 aliphatic heterocycles. The number of hydrogen-bond donors (Lipinski definition) is 1. The highest BCUT2D eigenvalue weighted by molar-refractivity contribution is 7.09. The maximum Gasteiger partial charge on any atom is 0.321 e. The molecule has 0 saturated carbocycles. The van der Waals surface area contributed by atoms with E-state index in [1.165, 1.54) is 11.3 Å². The number of amides is 1. The van der Waals surface area contributed by atoms with Crippen molar-refractivity contribution in [3.05, 3.63) is 87.6 Å². The second-order valence-corrected chi connectivity index (χ2v) is 7.81. The Morgan fingerprint density at radius 1 is 1.10 bits per heavy atom. The summed E-state index contributed by atoms with van der Waals surface area (Å²) in [7, 11) is 0. The lowest BCUT2D eigenvalue weighted by molar-refractivity contribution is 0.102. The van der Waals surface area contributed by atoms with E-state index in [1.54, 1.807) is 66.3 Å². The van der Waals surface area contributed by atoms with E-state index >= 15 is 0 Å². The predicted octanol–water partition coefficient (Wildman–Crippen LogP) is 5.52. The lowest BCUT2D eigenvalue weighted by atomic mass is 10.2. The summed E-state index contributed by atoms with van der Waals surface area (Å²) in [5.41, 5.74) is 1.83. The van der Waals surface area contributed by atoms with Crippen LogP contribution in [0.1, 0.15) is 21.1 Å². The number of benzene rings is 2. The van der Waals surface area contributed by atoms with E-state index in [-0.39, 0.29) is 18.5 Å². The van der Waals surface area contributed by atoms with Gasteiger partial charge in [-0.2, -0.15) is 0 Å². The van der Waals surface area contributed by atoms with Crippen molar-refractivity contribution < 1.29 is 14.3 Å². The second-order valence-electron chi connectivity index (χ2n) is 6.43. The molecule has 2 aromatic carbocycles. The third kappa shape index (κ3) is 5.56. The molecule has 0 unspecified atom stereocenters. The summed E-state index contributed by atoms with van der Waals surface area (Å²) in [6, 6.07) is 14.4. The van der Waals surface area contributed by atoms with Gasteiger partial charge < -0.3 is 14.8 Å². The molecule has 0 atom stereocenters. The van der Waals surface area contributed by atoms with E-state index in [1.807, 2.05) is 6.92 Å². The number of hydrogen-bond acceptors (Lipinski definition) is 7. The number of aryl methyl sites for hydroxylation is 1. The van der Waals surface area contributed by atoms with Gasteiger partial charge in [0.25, 0.3) is 5.91 Å². The number of nitrogens with zero attached hydrogens (tertiary/aromatic N) is 3. The Kier molecular flexibility index (Phi) is 6.40. The minimum atomic E-state index is -0.294. The van der Waals surface area contributed by atoms with Crippen LogP contribution < -0.4 is 14.8 Å². The first-order chi connectivity index (χ1) is 15.1. The monoisotopic (exact) mass is 452 g/mol. The first-order valence-corrected chi connectivity index (χ1v) is 10.5. The van der Waals surface area contributed by atoms with Crippen LogP contribution in [0, 0.1) is 6.92 Å². The Morgan fingerprint density at radius 3 is 2.58 bits per heavy atom. The first kappa shape index (κ1) is 20.8. The van der Waals surface area contributed by atoms with Crippen molar-refractivity contribution in [2.24, 2.45) is 0 Å². The minimum Gasteiger partial charge on any atom is -0.486 e. The summed E-state index contributed by atoms with van der Waals surface area (Å²) in [6.45, 7) is 2.15. The normalized spacial score (nSPS) is 10.5. The number of anilines is 1. The Hall–Kier alpha value is -3.49. The van der Waals surface area contributed by atoms with Crippen LogP contribution in [0.2, 0.25) is 5.02 Å². The van der Waals surface area contributed by atoms with Gasteiger partial charge in [-0.25, -0.2) is 15.0 Å². The number of carbonyl (C=O) groups excluding carboxylic acids is 1. The maximum atomic E-state index is 12.6. The zero-order chi connectivity index (χ0) is 21.6. The minimum absolute atomic E-state index is 0.259. The van der Waals surface area contributed by atoms with Crippen LogP contribution >= 0.6 is 22.9 Å². The molecule has 9 heteroatoms. The SMILES string of the molecule is Cc1cc(Oc2ncccn2)ccc1NC(=O)c1csc(COc2ccc(Cl)cc2)n1. The number of rotatable bonds is 7. The number of carbonyl (C=O) groups is 1. The van der Waals surface area contributed by atoms with Crippen LogP contribution in [0.15, 0.2) is 66.3 Å². The fraction of sp³-hybridized carbons (Fsp3) is 0.0909. The van der Waals surface area contributed by atoms with Crippen molar-refractivity contribution in [1.29, 1.82) is 0 Å². The fourth-order valence-corrected chi connectivity index (χ4v) is 3.44. The molecular weight excluding hydrogens is 436 g/mol. The molecule has 1 amide bonds. The van der Waals surface area contributed by atoms with Crippen molar-refractivity contribution in [3.8, 4) is 17.5 Å². The molecule has 7 nitrogen and oxygen atoms in total. The van der Waals surface area contributed by atoms with Gasteiger partial charge in [-0.1, -0.05) is 11.6 Å². The van der Waals surface area contributed by atoms with Gasteiger partial charge in [-0.3, -0.25) is 4.79 Å². The highest BCUT2D eigenvalue weighted by atomic mass is 35.5. The highest BCUT2D eigenvalue weighted by Gasteiger charge is 2.13. The predicted molar refractivity (Wildman–Crippen MR) is 119 cm³/mol. The van der Waals surface area contributed by atoms with Crippen LogP contribution in [0.5, 0.6) is 17.5 Å². The van der Waals surface area contributed by atoms with Gasteiger partial charge in [0, 0.05) is 28.5 Å². The number of aromatic nitrogens is 3. The summed E-state index contributed by atoms with van der Waals surface area (Å²) in [5.74, 6) is 0.971. The van der Waals surface area contributed by atoms with Gasteiger partial charge in [0.1, 0.15) is 28.8 Å². The maximum absolute atomic E-state index is 12.6. The zero-order valence-corrected chi connectivity index (χ0v) is 18.0. The Bertz CT molecular complexity index is 1180. The van der Waals surface area contributed by atoms with Gasteiger partial charge in [0.2, 0.25) is 0 Å². The molecule has 0 saturated heterocycles. The molecule has 0 bridgehead atoms. The number of nitrogens with one attached hydrogen (secondary N) is 1. The van der Waals surface area contributed by atoms with Crippen LogP contribution in [0.3, 0.4) is 0 Å². The molecule has 156 valence electrons. The first-order valence-electron chi connectivity index (χ1n) is 9.26. The van der Waals surface area contributed by atoms with Crippen LogP contribution in [0.25, 0.3) is 0 Å². The summed E-state index contributed by atoms with van der Waals surface area (Å²) >= 11 is 7.23. The molecule has 1 N–H and O–H groups in total. The van der Waals surface area contributed by atoms with Crippen molar-refractivity contribution in [1.82, 2.24) is 15.0 Å². The molecule has 0 spiro atoms. The average molecular weight is 453 g/mol. The number of ether oxygens (including phenoxy) is 2. The lowest BCUT2D eigenvalue weighted by Crippen LogP contribution is -2.13. The smallest absolute Gasteiger partial charge is 0.321 e. The quantitative estimate of drug-likeness (QED) is 0.397. The van der Waals surface area contributed by atoms with E-state index in [4.69, 9.17) is 21.1 Å². The summed E-state index contributed by atoms with van der Waals surface area (Å²) in [4.78, 5) is 25.0. The Balaban J connectivity index is 1.36. The van der Waals surface area contributed by atoms with Gasteiger partial charge >= 0.3 is 6.01 Å². The standard InChI is InChI=1S/C22H17ClN4O3S/c1-14-11-17(30-22-24-9-2-10-25-22)7-8-18(14)27-21(28)19-13-31-20(26-19)12-29-16-5-3-15(23)4-6-16/h2-11,13H,12H2,1H3,(H,27,28). The molecule has 31 heavy (non-hydrogen) atoms. The molecule has 0 aliphatic carbocycles. The van der Waals surface area contributed by atoms with E-state index < -0.39 is 0 Å². The van der Waals surface area contributed by atoms with Gasteiger partial charge in [-0.05, 0) is 61.0 Å². The van der Waals surface area contributed by atoms with Crippen LogP contribution in [-0.2, 0) is 6.61 Å². The summed E-state index contributed by atoms with van der Waals surface area (Å²) in [6.07, 6.45) is 3.21. The summed E-state index contributed by atoms with van der Waals surface area (Å²) in [5, 5.41) is 5.92. The highest BCUT2D eigenvalue weighted by Crippen LogP contribution is 2.25. The largest absolute Gasteiger partial charge is 0.486 e. The van der Waals surface area contributed by atoms with Gasteiger partial charge in [0.15, 0.2) is 0 Å². The van der Waals surface area contributed by atoms with E-state index in [0.717, 1.165) is 5.56 Å². The topological polar surface area (TPSA) is 86.2 Å². The summed E-state index contributed by atoms with van der Waals surface area (Å²) < 4.78 is 11.3. The van der Waals surface area contributed by atoms with E-state index in [2.05, 4.69) is 20.3 Å². The number of halogens is 1. The van der Waals surface area contributed by atoms with Crippen LogP contribution in [-0.4, -0.2) is 20.9 Å². The van der Waals surface area contributed by atoms with Gasteiger partial charge in [0.05, 0.1) is 0 Å². The molecule has 2 aromatic heterocycles. The molecular formula is C22H17ClN4O3S. The third-order valence-corrected chi connectivity index (χ3v) is 5.23. The van der Waals surface area contributed by atoms with Crippen molar-refractivity contribution in [2.45, 2.75) is 13.5 Å². The molecule has 0 fully saturated rings. The fourth-order valence-electron chi connectivity index (χ4n) is 2.63. The third-order valence-electron chi connectivity index (χ3n) is 4.16. The molecule has 4 rings (SSSR count). The molecule has 4 aromatic rings. The number of thiazole rings is 1. The average Bonchev–Trinajstić information content (AvgIpc) is 3.25. The zero-order valence-electron chi connectivity index (χ0n) is 16.4.